The summed E-state index contributed by atoms with van der Waals surface area (Å²) in [5.74, 6) is -0.128. The second-order valence-electron chi connectivity index (χ2n) is 5.56. The number of benzene rings is 2. The maximum Gasteiger partial charge on any atom is 0.270 e. The second-order valence-corrected chi connectivity index (χ2v) is 5.56. The Labute approximate surface area is 145 Å². The lowest BCUT2D eigenvalue weighted by atomic mass is 10.1. The highest BCUT2D eigenvalue weighted by atomic mass is 16.6. The van der Waals surface area contributed by atoms with Crippen LogP contribution in [0.15, 0.2) is 42.5 Å². The highest BCUT2D eigenvalue weighted by Crippen LogP contribution is 2.22. The molecule has 2 aromatic carbocycles. The van der Waals surface area contributed by atoms with Crippen LogP contribution in [0.1, 0.15) is 21.5 Å². The Morgan fingerprint density at radius 2 is 2.00 bits per heavy atom. The Kier molecular flexibility index (Phi) is 5.84. The largest absolute Gasteiger partial charge is 0.483 e. The quantitative estimate of drug-likeness (QED) is 0.438. The number of aryl methyl sites for hydroxylation is 1. The van der Waals surface area contributed by atoms with Crippen molar-refractivity contribution in [1.82, 2.24) is 4.90 Å². The Balaban J connectivity index is 2.01. The van der Waals surface area contributed by atoms with Crippen LogP contribution in [0.3, 0.4) is 0 Å². The number of hydrogen-bond donors (Lipinski definition) is 0. The zero-order valence-corrected chi connectivity index (χ0v) is 14.0. The van der Waals surface area contributed by atoms with Gasteiger partial charge in [-0.1, -0.05) is 24.3 Å². The van der Waals surface area contributed by atoms with Crippen molar-refractivity contribution in [2.75, 3.05) is 13.7 Å². The van der Waals surface area contributed by atoms with Crippen LogP contribution in [0.4, 0.5) is 5.69 Å². The first-order chi connectivity index (χ1) is 11.9. The van der Waals surface area contributed by atoms with Crippen LogP contribution >= 0.6 is 0 Å². The predicted octanol–water partition coefficient (Wildman–Crippen LogP) is 2.75. The zero-order chi connectivity index (χ0) is 18.4. The van der Waals surface area contributed by atoms with Crippen molar-refractivity contribution in [3.8, 4) is 5.75 Å². The lowest BCUT2D eigenvalue weighted by molar-refractivity contribution is -0.384. The summed E-state index contributed by atoms with van der Waals surface area (Å²) in [5, 5.41) is 10.7. The molecule has 0 saturated carbocycles. The van der Waals surface area contributed by atoms with E-state index in [1.807, 2.05) is 31.2 Å². The zero-order valence-electron chi connectivity index (χ0n) is 14.0. The fourth-order valence-corrected chi connectivity index (χ4v) is 2.25. The van der Waals surface area contributed by atoms with Crippen LogP contribution in [0.2, 0.25) is 0 Å². The molecule has 0 radical (unpaired) electrons. The number of ether oxygens (including phenoxy) is 1. The first kappa shape index (κ1) is 18.1. The van der Waals surface area contributed by atoms with E-state index in [0.29, 0.717) is 12.8 Å². The van der Waals surface area contributed by atoms with Gasteiger partial charge in [-0.2, -0.15) is 0 Å². The molecule has 0 aliphatic heterocycles. The van der Waals surface area contributed by atoms with E-state index < -0.39 is 4.92 Å². The summed E-state index contributed by atoms with van der Waals surface area (Å²) < 4.78 is 5.37. The number of nitro groups is 1. The first-order valence-corrected chi connectivity index (χ1v) is 7.57. The molecule has 0 aliphatic rings. The summed E-state index contributed by atoms with van der Waals surface area (Å²) in [6, 6.07) is 11.4. The van der Waals surface area contributed by atoms with Crippen molar-refractivity contribution in [2.24, 2.45) is 0 Å². The normalized spacial score (nSPS) is 10.2. The predicted molar refractivity (Wildman–Crippen MR) is 91.6 cm³/mol. The molecule has 7 nitrogen and oxygen atoms in total. The Morgan fingerprint density at radius 3 is 2.64 bits per heavy atom. The van der Waals surface area contributed by atoms with Crippen molar-refractivity contribution >= 4 is 17.9 Å². The van der Waals surface area contributed by atoms with Crippen LogP contribution in [0.5, 0.6) is 5.75 Å². The maximum absolute atomic E-state index is 12.2. The first-order valence-electron chi connectivity index (χ1n) is 7.57. The van der Waals surface area contributed by atoms with Gasteiger partial charge in [-0.3, -0.25) is 19.7 Å². The number of carbonyl (C=O) groups is 2. The molecule has 0 fully saturated rings. The number of likely N-dealkylation sites (N-methyl/N-ethyl adjacent to an activating group) is 1. The number of nitro benzene ring substituents is 1. The molecule has 0 spiro atoms. The van der Waals surface area contributed by atoms with E-state index in [4.69, 9.17) is 4.74 Å². The summed E-state index contributed by atoms with van der Waals surface area (Å²) in [7, 11) is 1.66. The van der Waals surface area contributed by atoms with Gasteiger partial charge < -0.3 is 9.64 Å². The molecule has 0 saturated heterocycles. The molecule has 0 aromatic heterocycles. The SMILES string of the molecule is Cc1ccccc1CN(C)C(=O)COc1ccc([N+](=O)[O-])cc1C=O. The van der Waals surface area contributed by atoms with Gasteiger partial charge >= 0.3 is 0 Å². The number of non-ortho nitro benzene ring substituents is 1. The summed E-state index contributed by atoms with van der Waals surface area (Å²) in [6.45, 7) is 2.15. The average molecular weight is 342 g/mol. The molecule has 1 amide bonds. The maximum atomic E-state index is 12.2. The van der Waals surface area contributed by atoms with Gasteiger partial charge in [0.15, 0.2) is 12.9 Å². The minimum absolute atomic E-state index is 0.0311. The molecule has 0 bridgehead atoms. The third-order valence-electron chi connectivity index (χ3n) is 3.78. The van der Waals surface area contributed by atoms with Crippen LogP contribution < -0.4 is 4.74 Å². The van der Waals surface area contributed by atoms with Gasteiger partial charge in [0.1, 0.15) is 5.75 Å². The Hall–Kier alpha value is -3.22. The smallest absolute Gasteiger partial charge is 0.270 e. The molecule has 0 heterocycles. The summed E-state index contributed by atoms with van der Waals surface area (Å²) in [5.41, 5.74) is 1.94. The van der Waals surface area contributed by atoms with Gasteiger partial charge in [0.05, 0.1) is 10.5 Å². The van der Waals surface area contributed by atoms with Gasteiger partial charge in [0, 0.05) is 25.7 Å². The van der Waals surface area contributed by atoms with Crippen molar-refractivity contribution in [1.29, 1.82) is 0 Å². The highest BCUT2D eigenvalue weighted by molar-refractivity contribution is 5.82. The third kappa shape index (κ3) is 4.63. The summed E-state index contributed by atoms with van der Waals surface area (Å²) in [4.78, 5) is 34.9. The molecule has 2 rings (SSSR count). The highest BCUT2D eigenvalue weighted by Gasteiger charge is 2.15. The standard InChI is InChI=1S/C18H18N2O5/c1-13-5-3-4-6-14(13)10-19(2)18(22)12-25-17-8-7-16(20(23)24)9-15(17)11-21/h3-9,11H,10,12H2,1-2H3. The average Bonchev–Trinajstić information content (AvgIpc) is 2.61. The van der Waals surface area contributed by atoms with Crippen LogP contribution in [-0.2, 0) is 11.3 Å². The van der Waals surface area contributed by atoms with Gasteiger partial charge in [-0.05, 0) is 24.1 Å². The van der Waals surface area contributed by atoms with Crippen LogP contribution in [0, 0.1) is 17.0 Å². The summed E-state index contributed by atoms with van der Waals surface area (Å²) >= 11 is 0. The van der Waals surface area contributed by atoms with Crippen LogP contribution in [0.25, 0.3) is 0 Å². The number of hydrogen-bond acceptors (Lipinski definition) is 5. The van der Waals surface area contributed by atoms with Crippen molar-refractivity contribution in [3.05, 3.63) is 69.3 Å². The second kappa shape index (κ2) is 8.05. The molecular formula is C18H18N2O5. The molecule has 130 valence electrons. The molecule has 0 N–H and O–H groups in total. The van der Waals surface area contributed by atoms with E-state index >= 15 is 0 Å². The number of aldehydes is 1. The lowest BCUT2D eigenvalue weighted by Gasteiger charge is -2.19. The van der Waals surface area contributed by atoms with Crippen molar-refractivity contribution in [2.45, 2.75) is 13.5 Å². The number of nitrogens with zero attached hydrogens (tertiary/aromatic N) is 2. The monoisotopic (exact) mass is 342 g/mol. The molecule has 7 heteroatoms. The van der Waals surface area contributed by atoms with E-state index in [9.17, 15) is 19.7 Å². The number of carbonyl (C=O) groups excluding carboxylic acids is 2. The summed E-state index contributed by atoms with van der Waals surface area (Å²) in [6.07, 6.45) is 0.462. The minimum Gasteiger partial charge on any atom is -0.483 e. The van der Waals surface area contributed by atoms with Crippen molar-refractivity contribution in [3.63, 3.8) is 0 Å². The van der Waals surface area contributed by atoms with Crippen LogP contribution in [-0.4, -0.2) is 35.7 Å². The number of amides is 1. The number of rotatable bonds is 7. The van der Waals surface area contributed by atoms with Crippen molar-refractivity contribution < 1.29 is 19.2 Å². The van der Waals surface area contributed by atoms with E-state index in [2.05, 4.69) is 0 Å². The Bertz CT molecular complexity index is 804. The Morgan fingerprint density at radius 1 is 1.28 bits per heavy atom. The molecule has 0 atom stereocenters. The van der Waals surface area contributed by atoms with Gasteiger partial charge in [0.2, 0.25) is 0 Å². The minimum atomic E-state index is -0.599. The van der Waals surface area contributed by atoms with Gasteiger partial charge in [0.25, 0.3) is 11.6 Å². The molecule has 2 aromatic rings. The molecule has 0 unspecified atom stereocenters. The van der Waals surface area contributed by atoms with E-state index in [1.165, 1.54) is 17.0 Å². The lowest BCUT2D eigenvalue weighted by Crippen LogP contribution is -2.31. The van der Waals surface area contributed by atoms with E-state index in [1.54, 1.807) is 7.05 Å². The fraction of sp³-hybridized carbons (Fsp3) is 0.222. The van der Waals surface area contributed by atoms with Gasteiger partial charge in [-0.25, -0.2) is 0 Å². The van der Waals surface area contributed by atoms with Gasteiger partial charge in [-0.15, -0.1) is 0 Å². The molecule has 0 aliphatic carbocycles. The van der Waals surface area contributed by atoms with E-state index in [-0.39, 0.29) is 29.5 Å². The topological polar surface area (TPSA) is 89.8 Å². The third-order valence-corrected chi connectivity index (χ3v) is 3.78. The fourth-order valence-electron chi connectivity index (χ4n) is 2.25. The molecular weight excluding hydrogens is 324 g/mol. The van der Waals surface area contributed by atoms with E-state index in [0.717, 1.165) is 17.2 Å². The molecule has 25 heavy (non-hydrogen) atoms.